The fourth-order valence-corrected chi connectivity index (χ4v) is 10.7. The molecule has 0 aliphatic carbocycles. The van der Waals surface area contributed by atoms with Gasteiger partial charge in [0.15, 0.2) is 0 Å². The lowest BCUT2D eigenvalue weighted by molar-refractivity contribution is -0.923. The highest BCUT2D eigenvalue weighted by molar-refractivity contribution is 7.25. The maximum absolute atomic E-state index is 2.68. The van der Waals surface area contributed by atoms with Crippen molar-refractivity contribution >= 4 is 63.5 Å². The molecule has 0 fully saturated rings. The molecule has 2 aromatic heterocycles. The van der Waals surface area contributed by atoms with E-state index in [1.165, 1.54) is 139 Å². The van der Waals surface area contributed by atoms with Gasteiger partial charge in [-0.3, -0.25) is 0 Å². The Morgan fingerprint density at radius 3 is 1.08 bits per heavy atom. The Balaban J connectivity index is 1.67. The van der Waals surface area contributed by atoms with Gasteiger partial charge in [-0.25, -0.2) is 0 Å². The Morgan fingerprint density at radius 2 is 0.769 bits per heavy atom. The summed E-state index contributed by atoms with van der Waals surface area (Å²) in [5.74, 6) is 0. The zero-order valence-corrected chi connectivity index (χ0v) is 36.8. The Bertz CT molecular complexity index is 1830. The van der Waals surface area contributed by atoms with Crippen LogP contribution in [0.5, 0.6) is 0 Å². The van der Waals surface area contributed by atoms with Crippen molar-refractivity contribution in [3.8, 4) is 0 Å². The van der Waals surface area contributed by atoms with Gasteiger partial charge in [-0.15, -0.1) is 22.7 Å². The highest BCUT2D eigenvalue weighted by Gasteiger charge is 2.23. The van der Waals surface area contributed by atoms with E-state index in [-0.39, 0.29) is 10.8 Å². The number of quaternary nitrogens is 2. The van der Waals surface area contributed by atoms with E-state index in [2.05, 4.69) is 141 Å². The molecule has 0 aliphatic rings. The molecule has 0 unspecified atom stereocenters. The summed E-state index contributed by atoms with van der Waals surface area (Å²) in [6, 6.07) is 19.7. The monoisotopic (exact) mass is 745 g/mol. The molecule has 4 nitrogen and oxygen atoms in total. The number of fused-ring (bicyclic) bond motifs is 4. The van der Waals surface area contributed by atoms with Crippen LogP contribution in [0, 0.1) is 0 Å². The van der Waals surface area contributed by atoms with Crippen LogP contribution in [0.15, 0.2) is 48.5 Å². The quantitative estimate of drug-likeness (QED) is 0.0541. The van der Waals surface area contributed by atoms with Crippen LogP contribution in [0.4, 0.5) is 0 Å². The molecular formula is C46H72N4S2+2. The molecule has 286 valence electrons. The fraction of sp³-hybridized carbons (Fsp3) is 0.609. The van der Waals surface area contributed by atoms with E-state index in [0.717, 1.165) is 13.1 Å². The second-order valence-corrected chi connectivity index (χ2v) is 19.8. The number of rotatable bonds is 16. The summed E-state index contributed by atoms with van der Waals surface area (Å²) in [6.07, 6.45) is 4.92. The molecule has 0 N–H and O–H groups in total. The van der Waals surface area contributed by atoms with E-state index in [1.54, 1.807) is 0 Å². The highest BCUT2D eigenvalue weighted by atomic mass is 32.1. The number of unbranched alkanes of at least 4 members (excludes halogenated alkanes) is 2. The minimum Gasteiger partial charge on any atom is -0.339 e. The molecule has 2 heterocycles. The van der Waals surface area contributed by atoms with Gasteiger partial charge < -0.3 is 18.1 Å². The lowest BCUT2D eigenvalue weighted by Crippen LogP contribution is -2.48. The minimum absolute atomic E-state index is 0.116. The van der Waals surface area contributed by atoms with E-state index in [0.29, 0.717) is 0 Å². The maximum atomic E-state index is 2.68. The Hall–Kier alpha value is -2.38. The smallest absolute Gasteiger partial charge is 0.0787 e. The fourth-order valence-electron chi connectivity index (χ4n) is 8.40. The van der Waals surface area contributed by atoms with Gasteiger partial charge in [-0.2, -0.15) is 0 Å². The van der Waals surface area contributed by atoms with Crippen molar-refractivity contribution in [1.29, 1.82) is 0 Å². The standard InChI is InChI=1S/C46H72N4S2/c1-13-49(14-2,15-3)29-21-19-27-47-37-25-23-35(45(7,8)9)31-41(37)51-43-34-40-44(33-39(43)47)52-42-32-36(46(10,11)12)24-26-38(42)48(40)28-20-22-30-50(16-4,17-5)18-6/h23-26,31-34H,13-22,27-30H2,1-12H3/q+2. The van der Waals surface area contributed by atoms with Gasteiger partial charge >= 0.3 is 0 Å². The van der Waals surface area contributed by atoms with Crippen LogP contribution in [0.2, 0.25) is 0 Å². The third-order valence-corrected chi connectivity index (χ3v) is 15.0. The predicted octanol–water partition coefficient (Wildman–Crippen LogP) is 13.1. The second kappa shape index (κ2) is 16.6. The Kier molecular flexibility index (Phi) is 13.0. The SMILES string of the molecule is CC[N+](CC)(CC)CCCCn1c2ccc(C(C)(C)C)cc2sc2cc3c(cc21)sc1cc(C(C)(C)C)ccc1n3CCCC[N+](CC)(CC)CC. The first-order chi connectivity index (χ1) is 24.7. The number of aromatic nitrogens is 2. The van der Waals surface area contributed by atoms with Gasteiger partial charge in [0.05, 0.1) is 93.2 Å². The summed E-state index contributed by atoms with van der Waals surface area (Å²) in [7, 11) is 0. The normalized spacial score (nSPS) is 13.3. The van der Waals surface area contributed by atoms with Crippen LogP contribution in [-0.2, 0) is 23.9 Å². The molecule has 5 rings (SSSR count). The molecule has 3 aromatic carbocycles. The summed E-state index contributed by atoms with van der Waals surface area (Å²) in [4.78, 5) is 0. The first-order valence-electron chi connectivity index (χ1n) is 20.7. The molecular weight excluding hydrogens is 673 g/mol. The zero-order valence-electron chi connectivity index (χ0n) is 35.1. The molecule has 6 heteroatoms. The number of hydrogen-bond acceptors (Lipinski definition) is 2. The van der Waals surface area contributed by atoms with Crippen molar-refractivity contribution in [1.82, 2.24) is 9.13 Å². The number of benzene rings is 3. The van der Waals surface area contributed by atoms with E-state index in [1.807, 2.05) is 22.7 Å². The van der Waals surface area contributed by atoms with Crippen LogP contribution in [0.25, 0.3) is 40.9 Å². The predicted molar refractivity (Wildman–Crippen MR) is 235 cm³/mol. The molecule has 0 atom stereocenters. The first-order valence-corrected chi connectivity index (χ1v) is 22.4. The number of nitrogens with zero attached hydrogens (tertiary/aromatic N) is 4. The van der Waals surface area contributed by atoms with Crippen LogP contribution >= 0.6 is 22.7 Å². The highest BCUT2D eigenvalue weighted by Crippen LogP contribution is 2.39. The molecule has 0 aliphatic heterocycles. The first kappa shape index (κ1) is 40.8. The van der Waals surface area contributed by atoms with Crippen LogP contribution in [-0.4, -0.2) is 70.5 Å². The Morgan fingerprint density at radius 1 is 0.442 bits per heavy atom. The van der Waals surface area contributed by atoms with Crippen molar-refractivity contribution in [2.75, 3.05) is 52.4 Å². The minimum atomic E-state index is 0.116. The lowest BCUT2D eigenvalue weighted by Gasteiger charge is -2.36. The maximum Gasteiger partial charge on any atom is 0.0787 e. The van der Waals surface area contributed by atoms with E-state index < -0.39 is 0 Å². The Labute approximate surface area is 324 Å². The average Bonchev–Trinajstić information content (AvgIpc) is 3.13. The summed E-state index contributed by atoms with van der Waals surface area (Å²) in [5, 5.41) is 0. The van der Waals surface area contributed by atoms with Gasteiger partial charge in [0.1, 0.15) is 0 Å². The van der Waals surface area contributed by atoms with Crippen LogP contribution in [0.3, 0.4) is 0 Å². The van der Waals surface area contributed by atoms with Gasteiger partial charge in [-0.05, 0) is 126 Å². The van der Waals surface area contributed by atoms with E-state index >= 15 is 0 Å². The molecule has 0 bridgehead atoms. The molecule has 0 saturated heterocycles. The molecule has 0 amide bonds. The third kappa shape index (κ3) is 8.61. The molecule has 0 saturated carbocycles. The van der Waals surface area contributed by atoms with Gasteiger partial charge in [0.25, 0.3) is 0 Å². The summed E-state index contributed by atoms with van der Waals surface area (Å²) in [5.41, 5.74) is 8.60. The van der Waals surface area contributed by atoms with Crippen molar-refractivity contribution < 1.29 is 8.97 Å². The van der Waals surface area contributed by atoms with E-state index in [4.69, 9.17) is 0 Å². The van der Waals surface area contributed by atoms with Crippen LogP contribution in [0.1, 0.15) is 120 Å². The van der Waals surface area contributed by atoms with Gasteiger partial charge in [0, 0.05) is 13.1 Å². The molecule has 0 radical (unpaired) electrons. The molecule has 52 heavy (non-hydrogen) atoms. The lowest BCUT2D eigenvalue weighted by atomic mass is 9.87. The van der Waals surface area contributed by atoms with Crippen molar-refractivity contribution in [3.63, 3.8) is 0 Å². The largest absolute Gasteiger partial charge is 0.339 e. The second-order valence-electron chi connectivity index (χ2n) is 17.6. The van der Waals surface area contributed by atoms with Crippen LogP contribution < -0.4 is 0 Å². The van der Waals surface area contributed by atoms with E-state index in [9.17, 15) is 0 Å². The van der Waals surface area contributed by atoms with Gasteiger partial charge in [-0.1, -0.05) is 53.7 Å². The summed E-state index contributed by atoms with van der Waals surface area (Å²) in [6.45, 7) is 40.2. The van der Waals surface area contributed by atoms with Gasteiger partial charge in [0.2, 0.25) is 0 Å². The topological polar surface area (TPSA) is 9.86 Å². The van der Waals surface area contributed by atoms with Crippen molar-refractivity contribution in [2.24, 2.45) is 0 Å². The third-order valence-electron chi connectivity index (χ3n) is 12.8. The number of hydrogen-bond donors (Lipinski definition) is 0. The average molecular weight is 745 g/mol. The number of aryl methyl sites for hydroxylation is 2. The zero-order chi connectivity index (χ0) is 37.9. The molecule has 0 spiro atoms. The molecule has 5 aromatic rings. The van der Waals surface area contributed by atoms with Crippen molar-refractivity contribution in [3.05, 3.63) is 59.7 Å². The van der Waals surface area contributed by atoms with Crippen molar-refractivity contribution in [2.45, 2.75) is 133 Å². The summed E-state index contributed by atoms with van der Waals surface area (Å²) >= 11 is 3.98. The summed E-state index contributed by atoms with van der Waals surface area (Å²) < 4.78 is 13.4.